The lowest BCUT2D eigenvalue weighted by atomic mass is 9.83. The standard InChI is InChI=1S/C10H13F5NO6S2/c1-4-8(2,3)6(17)5-7(18)9(11,12)23(19,20)16-24(21,22)10(13,14)15/h4-5H2,1-3H3/q-1. The molecule has 0 atom stereocenters. The molecular formula is C10H13F5NO6S2-. The Hall–Kier alpha value is -1.15. The Labute approximate surface area is 134 Å². The van der Waals surface area contributed by atoms with Crippen molar-refractivity contribution in [2.75, 3.05) is 0 Å². The highest BCUT2D eigenvalue weighted by molar-refractivity contribution is 8.13. The maximum atomic E-state index is 13.6. The number of alkyl halides is 5. The van der Waals surface area contributed by atoms with Crippen molar-refractivity contribution in [3.05, 3.63) is 4.13 Å². The molecule has 0 heterocycles. The quantitative estimate of drug-likeness (QED) is 0.453. The van der Waals surface area contributed by atoms with Crippen molar-refractivity contribution in [3.63, 3.8) is 0 Å². The Balaban J connectivity index is 5.59. The van der Waals surface area contributed by atoms with Crippen LogP contribution in [0.3, 0.4) is 0 Å². The highest BCUT2D eigenvalue weighted by Gasteiger charge is 2.52. The van der Waals surface area contributed by atoms with Gasteiger partial charge in [0.2, 0.25) is 5.78 Å². The summed E-state index contributed by atoms with van der Waals surface area (Å²) < 4.78 is 108. The number of rotatable bonds is 8. The topological polar surface area (TPSA) is 117 Å². The average molecular weight is 402 g/mol. The van der Waals surface area contributed by atoms with Crippen LogP contribution in [0.1, 0.15) is 33.6 Å². The predicted octanol–water partition coefficient (Wildman–Crippen LogP) is 2.10. The van der Waals surface area contributed by atoms with E-state index in [-0.39, 0.29) is 6.42 Å². The van der Waals surface area contributed by atoms with Gasteiger partial charge in [-0.3, -0.25) is 9.59 Å². The zero-order chi connectivity index (χ0) is 19.8. The monoisotopic (exact) mass is 402 g/mol. The van der Waals surface area contributed by atoms with Gasteiger partial charge in [-0.15, -0.1) is 0 Å². The van der Waals surface area contributed by atoms with Crippen LogP contribution in [-0.4, -0.2) is 39.2 Å². The molecule has 0 rings (SSSR count). The SMILES string of the molecule is CCC(C)(C)C(=O)CC(=O)C(F)(F)S(=O)(=O)[N-]S(=O)(=O)C(F)(F)F. The van der Waals surface area contributed by atoms with Crippen molar-refractivity contribution in [1.29, 1.82) is 0 Å². The van der Waals surface area contributed by atoms with E-state index < -0.39 is 54.2 Å². The van der Waals surface area contributed by atoms with Crippen LogP contribution >= 0.6 is 0 Å². The minimum Gasteiger partial charge on any atom is -0.423 e. The third-order valence-electron chi connectivity index (χ3n) is 3.10. The van der Waals surface area contributed by atoms with E-state index in [4.69, 9.17) is 0 Å². The van der Waals surface area contributed by atoms with Gasteiger partial charge >= 0.3 is 10.8 Å². The number of Topliss-reactive ketones (excluding diaryl/α,β-unsaturated/α-hetero) is 2. The molecule has 0 N–H and O–H groups in total. The van der Waals surface area contributed by atoms with Gasteiger partial charge in [0.1, 0.15) is 5.78 Å². The number of sulfonamides is 2. The van der Waals surface area contributed by atoms with Crippen LogP contribution < -0.4 is 0 Å². The molecule has 0 aliphatic heterocycles. The molecule has 0 aliphatic rings. The van der Waals surface area contributed by atoms with Crippen molar-refractivity contribution in [3.8, 4) is 0 Å². The molecule has 0 unspecified atom stereocenters. The number of hydrogen-bond acceptors (Lipinski definition) is 6. The Bertz CT molecular complexity index is 723. The summed E-state index contributed by atoms with van der Waals surface area (Å²) in [5.41, 5.74) is -7.52. The van der Waals surface area contributed by atoms with Gasteiger partial charge in [0.15, 0.2) is 20.0 Å². The van der Waals surface area contributed by atoms with Crippen molar-refractivity contribution in [2.45, 2.75) is 44.4 Å². The van der Waals surface area contributed by atoms with E-state index in [1.54, 1.807) is 0 Å². The lowest BCUT2D eigenvalue weighted by molar-refractivity contribution is -0.140. The van der Waals surface area contributed by atoms with Crippen molar-refractivity contribution >= 4 is 31.6 Å². The molecule has 0 aromatic heterocycles. The summed E-state index contributed by atoms with van der Waals surface area (Å²) in [5, 5.41) is -5.61. The molecule has 142 valence electrons. The van der Waals surface area contributed by atoms with E-state index in [0.29, 0.717) is 0 Å². The number of carbonyl (C=O) groups is 2. The summed E-state index contributed by atoms with van der Waals surface area (Å²) >= 11 is 0. The highest BCUT2D eigenvalue weighted by atomic mass is 32.3. The van der Waals surface area contributed by atoms with E-state index in [0.717, 1.165) is 4.13 Å². The number of hydrogen-bond donors (Lipinski definition) is 0. The van der Waals surface area contributed by atoms with Crippen LogP contribution in [-0.2, 0) is 29.6 Å². The van der Waals surface area contributed by atoms with E-state index in [2.05, 4.69) is 0 Å². The molecule has 0 radical (unpaired) electrons. The first-order valence-corrected chi connectivity index (χ1v) is 8.94. The van der Waals surface area contributed by atoms with Crippen LogP contribution in [0.15, 0.2) is 0 Å². The molecule has 0 aliphatic carbocycles. The third kappa shape index (κ3) is 4.69. The Kier molecular flexibility index (Phi) is 6.31. The molecule has 0 aromatic rings. The number of carbonyl (C=O) groups excluding carboxylic acids is 2. The summed E-state index contributed by atoms with van der Waals surface area (Å²) in [4.78, 5) is 23.0. The summed E-state index contributed by atoms with van der Waals surface area (Å²) in [5.74, 6) is -3.67. The fraction of sp³-hybridized carbons (Fsp3) is 0.800. The second-order valence-electron chi connectivity index (χ2n) is 5.25. The van der Waals surface area contributed by atoms with E-state index in [1.807, 2.05) is 0 Å². The lowest BCUT2D eigenvalue weighted by Gasteiger charge is -2.27. The molecule has 0 saturated carbocycles. The van der Waals surface area contributed by atoms with Gasteiger partial charge in [0.25, 0.3) is 0 Å². The van der Waals surface area contributed by atoms with Gasteiger partial charge < -0.3 is 4.13 Å². The van der Waals surface area contributed by atoms with Crippen molar-refractivity contribution in [1.82, 2.24) is 0 Å². The van der Waals surface area contributed by atoms with Gasteiger partial charge in [-0.2, -0.15) is 22.0 Å². The molecule has 0 aromatic carbocycles. The predicted molar refractivity (Wildman–Crippen MR) is 70.9 cm³/mol. The Morgan fingerprint density at radius 1 is 0.875 bits per heavy atom. The second kappa shape index (κ2) is 6.63. The van der Waals surface area contributed by atoms with Gasteiger partial charge in [0.05, 0.1) is 6.42 Å². The third-order valence-corrected chi connectivity index (χ3v) is 6.13. The first-order chi connectivity index (χ1) is 10.3. The van der Waals surface area contributed by atoms with Crippen LogP contribution in [0.25, 0.3) is 4.13 Å². The Morgan fingerprint density at radius 3 is 1.62 bits per heavy atom. The fourth-order valence-electron chi connectivity index (χ4n) is 1.05. The number of ketones is 2. The van der Waals surface area contributed by atoms with Gasteiger partial charge in [-0.1, -0.05) is 20.8 Å². The minimum absolute atomic E-state index is 0.101. The zero-order valence-electron chi connectivity index (χ0n) is 12.5. The molecule has 0 spiro atoms. The smallest absolute Gasteiger partial charge is 0.423 e. The van der Waals surface area contributed by atoms with Crippen molar-refractivity contribution in [2.24, 2.45) is 5.41 Å². The largest absolute Gasteiger partial charge is 0.480 e. The number of nitrogens with zero attached hydrogens (tertiary/aromatic N) is 1. The summed E-state index contributed by atoms with van der Waals surface area (Å²) in [6.07, 6.45) is -1.51. The minimum atomic E-state index is -6.81. The molecule has 0 bridgehead atoms. The Morgan fingerprint density at radius 2 is 1.29 bits per heavy atom. The van der Waals surface area contributed by atoms with Crippen LogP contribution in [0.2, 0.25) is 0 Å². The normalized spacial score (nSPS) is 14.5. The molecule has 24 heavy (non-hydrogen) atoms. The van der Waals surface area contributed by atoms with E-state index >= 15 is 0 Å². The zero-order valence-corrected chi connectivity index (χ0v) is 14.2. The maximum Gasteiger partial charge on any atom is 0.480 e. The van der Waals surface area contributed by atoms with Gasteiger partial charge in [-0.05, 0) is 6.42 Å². The van der Waals surface area contributed by atoms with Crippen LogP contribution in [0, 0.1) is 5.41 Å². The van der Waals surface area contributed by atoms with Gasteiger partial charge in [0, 0.05) is 5.41 Å². The molecule has 7 nitrogen and oxygen atoms in total. The summed E-state index contributed by atoms with van der Waals surface area (Å²) in [6, 6.07) is 0. The lowest BCUT2D eigenvalue weighted by Crippen LogP contribution is -2.41. The molecular weight excluding hydrogens is 389 g/mol. The second-order valence-corrected chi connectivity index (χ2v) is 8.72. The first kappa shape index (κ1) is 22.9. The fourth-order valence-corrected chi connectivity index (χ4v) is 3.15. The highest BCUT2D eigenvalue weighted by Crippen LogP contribution is 2.37. The van der Waals surface area contributed by atoms with Gasteiger partial charge in [-0.25, -0.2) is 16.8 Å². The molecule has 14 heteroatoms. The average Bonchev–Trinajstić information content (AvgIpc) is 2.35. The molecule has 0 fully saturated rings. The van der Waals surface area contributed by atoms with Crippen LogP contribution in [0.4, 0.5) is 22.0 Å². The summed E-state index contributed by atoms with van der Waals surface area (Å²) in [6.45, 7) is 4.02. The first-order valence-electron chi connectivity index (χ1n) is 6.06. The number of halogens is 5. The molecule has 0 saturated heterocycles. The van der Waals surface area contributed by atoms with Crippen LogP contribution in [0.5, 0.6) is 0 Å². The molecule has 0 amide bonds. The van der Waals surface area contributed by atoms with E-state index in [9.17, 15) is 48.4 Å². The van der Waals surface area contributed by atoms with Crippen molar-refractivity contribution < 1.29 is 48.4 Å². The summed E-state index contributed by atoms with van der Waals surface area (Å²) in [7, 11) is -13.5. The maximum absolute atomic E-state index is 13.6. The van der Waals surface area contributed by atoms with E-state index in [1.165, 1.54) is 20.8 Å².